The second-order valence-electron chi connectivity index (χ2n) is 6.98. The van der Waals surface area contributed by atoms with E-state index in [-0.39, 0.29) is 18.1 Å². The highest BCUT2D eigenvalue weighted by Gasteiger charge is 2.31. The van der Waals surface area contributed by atoms with Crippen molar-refractivity contribution >= 4 is 17.4 Å². The van der Waals surface area contributed by atoms with E-state index in [1.807, 2.05) is 20.8 Å². The van der Waals surface area contributed by atoms with Gasteiger partial charge in [-0.05, 0) is 51.9 Å². The van der Waals surface area contributed by atoms with Gasteiger partial charge in [-0.3, -0.25) is 4.99 Å². The van der Waals surface area contributed by atoms with Gasteiger partial charge in [0.2, 0.25) is 0 Å². The third-order valence-electron chi connectivity index (χ3n) is 4.40. The lowest BCUT2D eigenvalue weighted by Gasteiger charge is -2.25. The van der Waals surface area contributed by atoms with Crippen molar-refractivity contribution in [2.24, 2.45) is 39.9 Å². The highest BCUT2D eigenvalue weighted by atomic mass is 35.5. The Balaban J connectivity index is 2.61. The van der Waals surface area contributed by atoms with Crippen LogP contribution in [-0.2, 0) is 0 Å². The van der Waals surface area contributed by atoms with E-state index >= 15 is 0 Å². The third-order valence-corrected chi connectivity index (χ3v) is 4.50. The number of halogens is 1. The van der Waals surface area contributed by atoms with Crippen LogP contribution in [0.1, 0.15) is 47.0 Å². The molecule has 6 heteroatoms. The topological polar surface area (TPSA) is 102 Å². The molecule has 0 aliphatic heterocycles. The first-order chi connectivity index (χ1) is 9.60. The van der Waals surface area contributed by atoms with E-state index in [2.05, 4.69) is 17.2 Å². The first-order valence-electron chi connectivity index (χ1n) is 7.85. The Bertz CT molecular complexity index is 350. The molecule has 0 aromatic rings. The van der Waals surface area contributed by atoms with E-state index in [1.54, 1.807) is 0 Å². The van der Waals surface area contributed by atoms with E-state index in [1.165, 1.54) is 0 Å². The predicted molar refractivity (Wildman–Crippen MR) is 91.2 cm³/mol. The summed E-state index contributed by atoms with van der Waals surface area (Å²) in [6.07, 6.45) is 2.70. The minimum atomic E-state index is -0.470. The highest BCUT2D eigenvalue weighted by molar-refractivity contribution is 6.24. The van der Waals surface area contributed by atoms with Crippen LogP contribution in [-0.4, -0.2) is 29.6 Å². The van der Waals surface area contributed by atoms with Gasteiger partial charge in [0.1, 0.15) is 5.00 Å². The molecule has 1 fully saturated rings. The van der Waals surface area contributed by atoms with Crippen LogP contribution >= 0.6 is 11.6 Å². The first-order valence-corrected chi connectivity index (χ1v) is 8.23. The van der Waals surface area contributed by atoms with Gasteiger partial charge in [-0.25, -0.2) is 0 Å². The molecule has 1 aliphatic carbocycles. The van der Waals surface area contributed by atoms with Gasteiger partial charge >= 0.3 is 0 Å². The van der Waals surface area contributed by atoms with E-state index in [9.17, 15) is 0 Å². The summed E-state index contributed by atoms with van der Waals surface area (Å²) in [7, 11) is 0. The number of alkyl halides is 1. The number of aliphatic imine (C=N–C) groups is 1. The number of nitrogens with one attached hydrogen (secondary N) is 1. The average molecular weight is 318 g/mol. The fourth-order valence-corrected chi connectivity index (χ4v) is 3.31. The molecule has 0 aromatic heterocycles. The van der Waals surface area contributed by atoms with Crippen LogP contribution in [0.4, 0.5) is 0 Å². The van der Waals surface area contributed by atoms with Crippen LogP contribution in [0.25, 0.3) is 0 Å². The van der Waals surface area contributed by atoms with Crippen molar-refractivity contribution in [1.29, 1.82) is 0 Å². The third kappa shape index (κ3) is 6.51. The first kappa shape index (κ1) is 18.7. The standard InChI is InChI=1S/C15H32ClN5/c1-9-7-13(17)12(14(18)19)6-5-11(9)8-20-10(2)21-15(3,4)16/h9,11-14H,5-8,17-19H2,1-4H3,(H,20,21)/t9?,11-,12?,13?/m0/s1. The van der Waals surface area contributed by atoms with Crippen molar-refractivity contribution in [1.82, 2.24) is 5.32 Å². The van der Waals surface area contributed by atoms with Crippen LogP contribution in [0.5, 0.6) is 0 Å². The second kappa shape index (κ2) is 7.77. The summed E-state index contributed by atoms with van der Waals surface area (Å²) < 4.78 is 0. The molecule has 0 saturated heterocycles. The van der Waals surface area contributed by atoms with Crippen LogP contribution in [0.3, 0.4) is 0 Å². The summed E-state index contributed by atoms with van der Waals surface area (Å²) in [5, 5.41) is 3.18. The number of hydrogen-bond donors (Lipinski definition) is 4. The summed E-state index contributed by atoms with van der Waals surface area (Å²) in [6, 6.07) is 0.0926. The molecule has 1 saturated carbocycles. The van der Waals surface area contributed by atoms with Gasteiger partial charge in [0, 0.05) is 18.5 Å². The number of nitrogens with two attached hydrogens (primary N) is 3. The van der Waals surface area contributed by atoms with Crippen LogP contribution < -0.4 is 22.5 Å². The molecule has 0 radical (unpaired) electrons. The molecule has 124 valence electrons. The summed E-state index contributed by atoms with van der Waals surface area (Å²) in [5.41, 5.74) is 18.0. The normalized spacial score (nSPS) is 32.1. The second-order valence-corrected chi connectivity index (χ2v) is 7.92. The highest BCUT2D eigenvalue weighted by Crippen LogP contribution is 2.32. The molecule has 0 heterocycles. The molecule has 0 aromatic carbocycles. The molecule has 1 rings (SSSR count). The molecule has 3 unspecified atom stereocenters. The molecule has 7 N–H and O–H groups in total. The Morgan fingerprint density at radius 2 is 2.00 bits per heavy atom. The van der Waals surface area contributed by atoms with Crippen molar-refractivity contribution in [3.8, 4) is 0 Å². The van der Waals surface area contributed by atoms with Crippen molar-refractivity contribution in [2.75, 3.05) is 6.54 Å². The Morgan fingerprint density at radius 1 is 1.38 bits per heavy atom. The average Bonchev–Trinajstić information content (AvgIpc) is 2.43. The quantitative estimate of drug-likeness (QED) is 0.158. The predicted octanol–water partition coefficient (Wildman–Crippen LogP) is 1.59. The maximum atomic E-state index is 6.25. The van der Waals surface area contributed by atoms with Crippen molar-refractivity contribution in [3.63, 3.8) is 0 Å². The molecule has 1 aliphatic rings. The summed E-state index contributed by atoms with van der Waals surface area (Å²) in [5.74, 6) is 2.14. The lowest BCUT2D eigenvalue weighted by molar-refractivity contribution is 0.320. The zero-order chi connectivity index (χ0) is 16.2. The van der Waals surface area contributed by atoms with Gasteiger partial charge in [-0.1, -0.05) is 18.5 Å². The Kier molecular flexibility index (Phi) is 6.91. The van der Waals surface area contributed by atoms with Crippen LogP contribution in [0, 0.1) is 17.8 Å². The largest absolute Gasteiger partial charge is 0.356 e. The van der Waals surface area contributed by atoms with Crippen LogP contribution in [0.15, 0.2) is 4.99 Å². The van der Waals surface area contributed by atoms with Gasteiger partial charge in [-0.15, -0.1) is 0 Å². The smallest absolute Gasteiger partial charge is 0.107 e. The SMILES string of the molecule is CC(=NC[C@@H]1CCC(C(N)N)C(N)CC1C)NC(C)(C)Cl. The molecular weight excluding hydrogens is 286 g/mol. The lowest BCUT2D eigenvalue weighted by atomic mass is 9.89. The summed E-state index contributed by atoms with van der Waals surface area (Å²) in [6.45, 7) is 8.82. The van der Waals surface area contributed by atoms with E-state index < -0.39 is 5.00 Å². The number of hydrogen-bond acceptors (Lipinski definition) is 4. The van der Waals surface area contributed by atoms with E-state index in [0.717, 1.165) is 31.6 Å². The number of nitrogens with zero attached hydrogens (tertiary/aromatic N) is 1. The maximum Gasteiger partial charge on any atom is 0.107 e. The fourth-order valence-electron chi connectivity index (χ4n) is 3.17. The minimum Gasteiger partial charge on any atom is -0.356 e. The lowest BCUT2D eigenvalue weighted by Crippen LogP contribution is -2.47. The van der Waals surface area contributed by atoms with E-state index in [0.29, 0.717) is 11.8 Å². The van der Waals surface area contributed by atoms with Gasteiger partial charge in [0.05, 0.1) is 12.0 Å². The molecule has 0 spiro atoms. The summed E-state index contributed by atoms with van der Waals surface area (Å²) in [4.78, 5) is 4.17. The molecule has 5 nitrogen and oxygen atoms in total. The zero-order valence-electron chi connectivity index (χ0n) is 13.8. The van der Waals surface area contributed by atoms with Crippen molar-refractivity contribution in [2.45, 2.75) is 64.2 Å². The fraction of sp³-hybridized carbons (Fsp3) is 0.933. The molecule has 4 atom stereocenters. The van der Waals surface area contributed by atoms with E-state index in [4.69, 9.17) is 28.8 Å². The number of rotatable bonds is 4. The Labute approximate surface area is 134 Å². The maximum absolute atomic E-state index is 6.25. The van der Waals surface area contributed by atoms with Crippen LogP contribution in [0.2, 0.25) is 0 Å². The number of amidine groups is 1. The van der Waals surface area contributed by atoms with Crippen molar-refractivity contribution < 1.29 is 0 Å². The summed E-state index contributed by atoms with van der Waals surface area (Å²) >= 11 is 6.14. The van der Waals surface area contributed by atoms with Gasteiger partial charge in [0.15, 0.2) is 0 Å². The molecule has 21 heavy (non-hydrogen) atoms. The molecule has 0 bridgehead atoms. The Morgan fingerprint density at radius 3 is 2.52 bits per heavy atom. The Hall–Kier alpha value is -0.360. The molecule has 0 amide bonds. The zero-order valence-corrected chi connectivity index (χ0v) is 14.5. The van der Waals surface area contributed by atoms with Crippen molar-refractivity contribution in [3.05, 3.63) is 0 Å². The van der Waals surface area contributed by atoms with Gasteiger partial charge < -0.3 is 22.5 Å². The van der Waals surface area contributed by atoms with Gasteiger partial charge in [-0.2, -0.15) is 0 Å². The van der Waals surface area contributed by atoms with Gasteiger partial charge in [0.25, 0.3) is 0 Å². The minimum absolute atomic E-state index is 0.0926. The monoisotopic (exact) mass is 317 g/mol. The molecular formula is C15H32ClN5.